The second-order valence-electron chi connectivity index (χ2n) is 3.77. The van der Waals surface area contributed by atoms with Gasteiger partial charge in [-0.2, -0.15) is 0 Å². The topological polar surface area (TPSA) is 43.3 Å². The van der Waals surface area contributed by atoms with E-state index in [0.717, 1.165) is 25.9 Å². The number of nitrogens with zero attached hydrogens (tertiary/aromatic N) is 1. The highest BCUT2D eigenvalue weighted by atomic mass is 16.5. The third-order valence-electron chi connectivity index (χ3n) is 2.88. The third kappa shape index (κ3) is 2.04. The second-order valence-corrected chi connectivity index (χ2v) is 3.77. The summed E-state index contributed by atoms with van der Waals surface area (Å²) in [5, 5.41) is 3.31. The maximum Gasteiger partial charge on any atom is 0.354 e. The summed E-state index contributed by atoms with van der Waals surface area (Å²) in [6, 6.07) is 4.14. The zero-order valence-corrected chi connectivity index (χ0v) is 8.90. The van der Waals surface area contributed by atoms with Crippen LogP contribution in [0.25, 0.3) is 0 Å². The molecule has 0 aliphatic carbocycles. The van der Waals surface area contributed by atoms with Crippen LogP contribution in [0, 0.1) is 0 Å². The highest BCUT2D eigenvalue weighted by Gasteiger charge is 2.19. The van der Waals surface area contributed by atoms with E-state index in [-0.39, 0.29) is 5.97 Å². The van der Waals surface area contributed by atoms with Crippen molar-refractivity contribution in [1.29, 1.82) is 0 Å². The molecule has 0 radical (unpaired) electrons. The monoisotopic (exact) mass is 208 g/mol. The first-order valence-corrected chi connectivity index (χ1v) is 5.29. The molecule has 2 heterocycles. The molecular weight excluding hydrogens is 192 g/mol. The number of carbonyl (C=O) groups is 1. The minimum atomic E-state index is -0.251. The Kier molecular flexibility index (Phi) is 3.06. The van der Waals surface area contributed by atoms with Crippen LogP contribution in [0.1, 0.15) is 29.4 Å². The summed E-state index contributed by atoms with van der Waals surface area (Å²) in [4.78, 5) is 11.5. The number of carbonyl (C=O) groups excluding carboxylic acids is 1. The van der Waals surface area contributed by atoms with Gasteiger partial charge in [0.05, 0.1) is 7.11 Å². The second kappa shape index (κ2) is 4.49. The summed E-state index contributed by atoms with van der Waals surface area (Å²) < 4.78 is 6.79. The van der Waals surface area contributed by atoms with E-state index in [1.54, 1.807) is 0 Å². The van der Waals surface area contributed by atoms with Crippen LogP contribution < -0.4 is 5.32 Å². The van der Waals surface area contributed by atoms with Crippen LogP contribution in [-0.4, -0.2) is 30.7 Å². The summed E-state index contributed by atoms with van der Waals surface area (Å²) in [5.74, 6) is -0.251. The molecule has 1 aliphatic rings. The molecule has 0 atom stereocenters. The Bertz CT molecular complexity index is 340. The van der Waals surface area contributed by atoms with Crippen LogP contribution in [0.2, 0.25) is 0 Å². The normalized spacial score (nSPS) is 17.7. The first-order chi connectivity index (χ1) is 7.33. The van der Waals surface area contributed by atoms with Gasteiger partial charge in [0, 0.05) is 12.2 Å². The van der Waals surface area contributed by atoms with Crippen LogP contribution in [0.15, 0.2) is 18.3 Å². The average molecular weight is 208 g/mol. The van der Waals surface area contributed by atoms with Crippen molar-refractivity contribution in [1.82, 2.24) is 9.88 Å². The Morgan fingerprint density at radius 1 is 1.53 bits per heavy atom. The van der Waals surface area contributed by atoms with Gasteiger partial charge >= 0.3 is 5.97 Å². The molecule has 1 saturated heterocycles. The smallest absolute Gasteiger partial charge is 0.354 e. The summed E-state index contributed by atoms with van der Waals surface area (Å²) in [6.45, 7) is 2.03. The van der Waals surface area contributed by atoms with Gasteiger partial charge in [0.2, 0.25) is 0 Å². The van der Waals surface area contributed by atoms with Gasteiger partial charge in [-0.3, -0.25) is 0 Å². The molecule has 0 saturated carbocycles. The Morgan fingerprint density at radius 2 is 2.27 bits per heavy atom. The Labute approximate surface area is 89.2 Å². The molecule has 15 heavy (non-hydrogen) atoms. The third-order valence-corrected chi connectivity index (χ3v) is 2.88. The van der Waals surface area contributed by atoms with E-state index in [2.05, 4.69) is 5.32 Å². The number of aromatic nitrogens is 1. The molecule has 0 unspecified atom stereocenters. The van der Waals surface area contributed by atoms with E-state index < -0.39 is 0 Å². The average Bonchev–Trinajstić information content (AvgIpc) is 2.78. The van der Waals surface area contributed by atoms with Crippen molar-refractivity contribution in [2.24, 2.45) is 0 Å². The van der Waals surface area contributed by atoms with Crippen molar-refractivity contribution in [3.05, 3.63) is 24.0 Å². The first kappa shape index (κ1) is 10.2. The Balaban J connectivity index is 2.19. The van der Waals surface area contributed by atoms with Crippen molar-refractivity contribution in [3.8, 4) is 0 Å². The number of hydrogen-bond donors (Lipinski definition) is 1. The number of methoxy groups -OCH3 is 1. The summed E-state index contributed by atoms with van der Waals surface area (Å²) in [7, 11) is 1.42. The van der Waals surface area contributed by atoms with Gasteiger partial charge in [-0.1, -0.05) is 0 Å². The molecule has 2 rings (SSSR count). The summed E-state index contributed by atoms with van der Waals surface area (Å²) in [5.41, 5.74) is 0.657. The van der Waals surface area contributed by atoms with E-state index >= 15 is 0 Å². The van der Waals surface area contributed by atoms with E-state index in [0.29, 0.717) is 11.7 Å². The fraction of sp³-hybridized carbons (Fsp3) is 0.545. The fourth-order valence-electron chi connectivity index (χ4n) is 2.07. The number of esters is 1. The molecule has 1 aromatic rings. The van der Waals surface area contributed by atoms with Crippen LogP contribution in [0.5, 0.6) is 0 Å². The van der Waals surface area contributed by atoms with Crippen LogP contribution in [0.3, 0.4) is 0 Å². The van der Waals surface area contributed by atoms with Gasteiger partial charge in [0.15, 0.2) is 0 Å². The molecular formula is C11H16N2O2. The van der Waals surface area contributed by atoms with Gasteiger partial charge in [-0.15, -0.1) is 0 Å². The SMILES string of the molecule is COC(=O)c1cccn1C1CCNCC1. The van der Waals surface area contributed by atoms with Gasteiger partial charge in [-0.05, 0) is 38.1 Å². The number of piperidine rings is 1. The van der Waals surface area contributed by atoms with Gasteiger partial charge in [0.1, 0.15) is 5.69 Å². The minimum absolute atomic E-state index is 0.251. The highest BCUT2D eigenvalue weighted by Crippen LogP contribution is 2.21. The van der Waals surface area contributed by atoms with Crippen molar-refractivity contribution >= 4 is 5.97 Å². The van der Waals surface area contributed by atoms with Gasteiger partial charge < -0.3 is 14.6 Å². The van der Waals surface area contributed by atoms with E-state index in [1.807, 2.05) is 22.9 Å². The van der Waals surface area contributed by atoms with Gasteiger partial charge in [-0.25, -0.2) is 4.79 Å². The predicted molar refractivity (Wildman–Crippen MR) is 56.9 cm³/mol. The van der Waals surface area contributed by atoms with E-state index in [1.165, 1.54) is 7.11 Å². The number of ether oxygens (including phenoxy) is 1. The number of nitrogens with one attached hydrogen (secondary N) is 1. The molecule has 1 N–H and O–H groups in total. The van der Waals surface area contributed by atoms with Crippen molar-refractivity contribution in [2.45, 2.75) is 18.9 Å². The lowest BCUT2D eigenvalue weighted by Gasteiger charge is -2.25. The van der Waals surface area contributed by atoms with Crippen molar-refractivity contribution in [3.63, 3.8) is 0 Å². The summed E-state index contributed by atoms with van der Waals surface area (Å²) in [6.07, 6.45) is 4.10. The number of rotatable bonds is 2. The molecule has 0 bridgehead atoms. The molecule has 1 fully saturated rings. The predicted octanol–water partition coefficient (Wildman–Crippen LogP) is 1.20. The standard InChI is InChI=1S/C11H16N2O2/c1-15-11(14)10-3-2-8-13(10)9-4-6-12-7-5-9/h2-3,8-9,12H,4-7H2,1H3. The van der Waals surface area contributed by atoms with Crippen molar-refractivity contribution < 1.29 is 9.53 Å². The molecule has 82 valence electrons. The highest BCUT2D eigenvalue weighted by molar-refractivity contribution is 5.87. The Morgan fingerprint density at radius 3 is 2.93 bits per heavy atom. The Hall–Kier alpha value is -1.29. The lowest BCUT2D eigenvalue weighted by Crippen LogP contribution is -2.30. The van der Waals surface area contributed by atoms with Crippen molar-refractivity contribution in [2.75, 3.05) is 20.2 Å². The fourth-order valence-corrected chi connectivity index (χ4v) is 2.07. The van der Waals surface area contributed by atoms with Crippen LogP contribution >= 0.6 is 0 Å². The largest absolute Gasteiger partial charge is 0.464 e. The lowest BCUT2D eigenvalue weighted by molar-refractivity contribution is 0.0584. The minimum Gasteiger partial charge on any atom is -0.464 e. The van der Waals surface area contributed by atoms with Gasteiger partial charge in [0.25, 0.3) is 0 Å². The zero-order valence-electron chi connectivity index (χ0n) is 8.90. The quantitative estimate of drug-likeness (QED) is 0.743. The molecule has 1 aliphatic heterocycles. The zero-order chi connectivity index (χ0) is 10.7. The molecule has 4 heteroatoms. The molecule has 1 aromatic heterocycles. The maximum absolute atomic E-state index is 11.5. The van der Waals surface area contributed by atoms with Crippen LogP contribution in [-0.2, 0) is 4.74 Å². The maximum atomic E-state index is 11.5. The first-order valence-electron chi connectivity index (χ1n) is 5.29. The molecule has 0 amide bonds. The molecule has 0 aromatic carbocycles. The van der Waals surface area contributed by atoms with Crippen LogP contribution in [0.4, 0.5) is 0 Å². The lowest BCUT2D eigenvalue weighted by atomic mass is 10.1. The number of hydrogen-bond acceptors (Lipinski definition) is 3. The van der Waals surface area contributed by atoms with E-state index in [4.69, 9.17) is 4.74 Å². The van der Waals surface area contributed by atoms with E-state index in [9.17, 15) is 4.79 Å². The molecule has 0 spiro atoms. The molecule has 4 nitrogen and oxygen atoms in total. The summed E-state index contributed by atoms with van der Waals surface area (Å²) >= 11 is 0.